The Hall–Kier alpha value is -2.08. The quantitative estimate of drug-likeness (QED) is 0.696. The molecular formula is C20H27ClN2O4. The third-order valence-corrected chi connectivity index (χ3v) is 5.02. The smallest absolute Gasteiger partial charge is 0.329 e. The maximum Gasteiger partial charge on any atom is 0.329 e. The molecule has 2 N–H and O–H groups in total. The number of benzene rings is 1. The van der Waals surface area contributed by atoms with Gasteiger partial charge in [0.15, 0.2) is 6.10 Å². The maximum atomic E-state index is 12.5. The van der Waals surface area contributed by atoms with E-state index in [9.17, 15) is 14.4 Å². The van der Waals surface area contributed by atoms with Gasteiger partial charge in [-0.15, -0.1) is 0 Å². The topological polar surface area (TPSA) is 84.5 Å². The Morgan fingerprint density at radius 1 is 1.11 bits per heavy atom. The second-order valence-electron chi connectivity index (χ2n) is 7.24. The van der Waals surface area contributed by atoms with Crippen molar-refractivity contribution in [3.63, 3.8) is 0 Å². The van der Waals surface area contributed by atoms with Crippen molar-refractivity contribution in [2.75, 3.05) is 0 Å². The average molecular weight is 395 g/mol. The van der Waals surface area contributed by atoms with Gasteiger partial charge in [-0.1, -0.05) is 50.4 Å². The molecule has 1 aliphatic carbocycles. The first-order valence-electron chi connectivity index (χ1n) is 9.36. The molecule has 2 atom stereocenters. The summed E-state index contributed by atoms with van der Waals surface area (Å²) in [5.74, 6) is -1.62. The molecule has 1 aromatic carbocycles. The molecule has 6 nitrogen and oxygen atoms in total. The molecule has 1 aliphatic rings. The van der Waals surface area contributed by atoms with Crippen LogP contribution in [-0.2, 0) is 14.3 Å². The van der Waals surface area contributed by atoms with Crippen LogP contribution in [0.15, 0.2) is 24.3 Å². The minimum absolute atomic E-state index is 0.152. The molecule has 0 radical (unpaired) electrons. The zero-order valence-corrected chi connectivity index (χ0v) is 16.7. The highest BCUT2D eigenvalue weighted by molar-refractivity contribution is 6.33. The summed E-state index contributed by atoms with van der Waals surface area (Å²) >= 11 is 6.04. The van der Waals surface area contributed by atoms with E-state index in [4.69, 9.17) is 16.3 Å². The monoisotopic (exact) mass is 394 g/mol. The third-order valence-electron chi connectivity index (χ3n) is 4.69. The van der Waals surface area contributed by atoms with Gasteiger partial charge in [0.1, 0.15) is 6.04 Å². The number of esters is 1. The van der Waals surface area contributed by atoms with Gasteiger partial charge in [-0.3, -0.25) is 9.59 Å². The molecular weight excluding hydrogens is 368 g/mol. The highest BCUT2D eigenvalue weighted by Crippen LogP contribution is 2.18. The average Bonchev–Trinajstić information content (AvgIpc) is 3.12. The molecule has 0 aliphatic heterocycles. The van der Waals surface area contributed by atoms with E-state index in [0.717, 1.165) is 25.7 Å². The number of halogens is 1. The van der Waals surface area contributed by atoms with Gasteiger partial charge >= 0.3 is 5.97 Å². The normalized spacial score (nSPS) is 16.6. The van der Waals surface area contributed by atoms with Crippen LogP contribution in [0, 0.1) is 5.92 Å². The van der Waals surface area contributed by atoms with Crippen LogP contribution in [-0.4, -0.2) is 36.0 Å². The summed E-state index contributed by atoms with van der Waals surface area (Å²) < 4.78 is 5.31. The lowest BCUT2D eigenvalue weighted by molar-refractivity contribution is -0.157. The van der Waals surface area contributed by atoms with Crippen molar-refractivity contribution in [1.29, 1.82) is 0 Å². The lowest BCUT2D eigenvalue weighted by Crippen LogP contribution is -2.48. The standard InChI is InChI=1S/C20H27ClN2O4/c1-12(2)17(23-19(25)15-10-6-7-11-16(15)21)20(26)27-13(3)18(24)22-14-8-4-5-9-14/h6-7,10-14,17H,4-5,8-9H2,1-3H3,(H,22,24)(H,23,25)/t13-,17+/m0/s1. The fourth-order valence-corrected chi connectivity index (χ4v) is 3.27. The molecule has 7 heteroatoms. The van der Waals surface area contributed by atoms with E-state index in [0.29, 0.717) is 5.02 Å². The molecule has 2 amide bonds. The van der Waals surface area contributed by atoms with Crippen LogP contribution in [0.2, 0.25) is 5.02 Å². The van der Waals surface area contributed by atoms with E-state index in [2.05, 4.69) is 10.6 Å². The minimum atomic E-state index is -0.920. The fourth-order valence-electron chi connectivity index (χ4n) is 3.05. The number of hydrogen-bond acceptors (Lipinski definition) is 4. The first kappa shape index (κ1) is 21.2. The number of carbonyl (C=O) groups is 3. The number of rotatable bonds is 7. The summed E-state index contributed by atoms with van der Waals surface area (Å²) in [4.78, 5) is 37.2. The van der Waals surface area contributed by atoms with Crippen LogP contribution in [0.5, 0.6) is 0 Å². The van der Waals surface area contributed by atoms with Gasteiger partial charge in [0, 0.05) is 6.04 Å². The Bertz CT molecular complexity index is 686. The Morgan fingerprint density at radius 2 is 1.74 bits per heavy atom. The van der Waals surface area contributed by atoms with Gasteiger partial charge in [-0.25, -0.2) is 4.79 Å². The van der Waals surface area contributed by atoms with E-state index >= 15 is 0 Å². The van der Waals surface area contributed by atoms with Gasteiger partial charge in [0.2, 0.25) is 0 Å². The number of amides is 2. The summed E-state index contributed by atoms with van der Waals surface area (Å²) in [6.07, 6.45) is 3.19. The first-order chi connectivity index (χ1) is 12.8. The molecule has 0 heterocycles. The number of hydrogen-bond donors (Lipinski definition) is 2. The van der Waals surface area contributed by atoms with E-state index in [-0.39, 0.29) is 23.4 Å². The molecule has 148 valence electrons. The molecule has 1 aromatic rings. The predicted octanol–water partition coefficient (Wildman–Crippen LogP) is 3.08. The summed E-state index contributed by atoms with van der Waals surface area (Å²) in [7, 11) is 0. The van der Waals surface area contributed by atoms with Crippen LogP contribution >= 0.6 is 11.6 Å². The van der Waals surface area contributed by atoms with Crippen molar-refractivity contribution in [3.8, 4) is 0 Å². The predicted molar refractivity (Wildman–Crippen MR) is 103 cm³/mol. The summed E-state index contributed by atoms with van der Waals surface area (Å²) in [6.45, 7) is 5.12. The lowest BCUT2D eigenvalue weighted by atomic mass is 10.0. The molecule has 2 rings (SSSR count). The summed E-state index contributed by atoms with van der Waals surface area (Å²) in [5, 5.41) is 5.87. The Balaban J connectivity index is 1.96. The van der Waals surface area contributed by atoms with E-state index in [1.165, 1.54) is 6.92 Å². The molecule has 0 saturated heterocycles. The van der Waals surface area contributed by atoms with Gasteiger partial charge in [-0.2, -0.15) is 0 Å². The largest absolute Gasteiger partial charge is 0.451 e. The molecule has 0 unspecified atom stereocenters. The van der Waals surface area contributed by atoms with Crippen molar-refractivity contribution in [2.24, 2.45) is 5.92 Å². The van der Waals surface area contributed by atoms with Gasteiger partial charge in [0.05, 0.1) is 10.6 Å². The zero-order valence-electron chi connectivity index (χ0n) is 16.0. The zero-order chi connectivity index (χ0) is 20.0. The lowest BCUT2D eigenvalue weighted by Gasteiger charge is -2.23. The Labute approximate surface area is 165 Å². The van der Waals surface area contributed by atoms with Gasteiger partial charge < -0.3 is 15.4 Å². The van der Waals surface area contributed by atoms with E-state index in [1.807, 2.05) is 0 Å². The van der Waals surface area contributed by atoms with E-state index in [1.54, 1.807) is 38.1 Å². The Kier molecular flexibility index (Phi) is 7.66. The molecule has 0 spiro atoms. The molecule has 0 aromatic heterocycles. The van der Waals surface area contributed by atoms with Crippen molar-refractivity contribution < 1.29 is 19.1 Å². The number of ether oxygens (including phenoxy) is 1. The Morgan fingerprint density at radius 3 is 2.33 bits per heavy atom. The second kappa shape index (κ2) is 9.74. The molecule has 1 fully saturated rings. The number of carbonyl (C=O) groups excluding carboxylic acids is 3. The van der Waals surface area contributed by atoms with E-state index < -0.39 is 24.0 Å². The molecule has 27 heavy (non-hydrogen) atoms. The van der Waals surface area contributed by atoms with Crippen molar-refractivity contribution in [2.45, 2.75) is 64.6 Å². The van der Waals surface area contributed by atoms with Crippen molar-refractivity contribution >= 4 is 29.4 Å². The van der Waals surface area contributed by atoms with Crippen molar-refractivity contribution in [1.82, 2.24) is 10.6 Å². The van der Waals surface area contributed by atoms with Crippen LogP contribution in [0.4, 0.5) is 0 Å². The van der Waals surface area contributed by atoms with Gasteiger partial charge in [0.25, 0.3) is 11.8 Å². The highest BCUT2D eigenvalue weighted by atomic mass is 35.5. The van der Waals surface area contributed by atoms with Crippen LogP contribution in [0.3, 0.4) is 0 Å². The summed E-state index contributed by atoms with van der Waals surface area (Å²) in [6, 6.07) is 5.87. The number of nitrogens with one attached hydrogen (secondary N) is 2. The SMILES string of the molecule is CC(C)[C@@H](NC(=O)c1ccccc1Cl)C(=O)O[C@@H](C)C(=O)NC1CCCC1. The maximum absolute atomic E-state index is 12.5. The van der Waals surface area contributed by atoms with Crippen LogP contribution in [0.25, 0.3) is 0 Å². The molecule has 0 bridgehead atoms. The molecule has 1 saturated carbocycles. The van der Waals surface area contributed by atoms with Gasteiger partial charge in [-0.05, 0) is 37.8 Å². The van der Waals surface area contributed by atoms with Crippen LogP contribution in [0.1, 0.15) is 56.8 Å². The third kappa shape index (κ3) is 5.96. The highest BCUT2D eigenvalue weighted by Gasteiger charge is 2.30. The van der Waals surface area contributed by atoms with Crippen molar-refractivity contribution in [3.05, 3.63) is 34.9 Å². The second-order valence-corrected chi connectivity index (χ2v) is 7.65. The first-order valence-corrected chi connectivity index (χ1v) is 9.73. The fraction of sp³-hybridized carbons (Fsp3) is 0.550. The van der Waals surface area contributed by atoms with Crippen LogP contribution < -0.4 is 10.6 Å². The minimum Gasteiger partial charge on any atom is -0.451 e. The summed E-state index contributed by atoms with van der Waals surface area (Å²) in [5.41, 5.74) is 0.282.